The maximum absolute atomic E-state index is 13.1. The number of rotatable bonds is 4. The van der Waals surface area contributed by atoms with Crippen LogP contribution in [0.15, 0.2) is 47.4 Å². The van der Waals surface area contributed by atoms with Gasteiger partial charge in [-0.15, -0.1) is 0 Å². The molecule has 1 fully saturated rings. The highest BCUT2D eigenvalue weighted by Crippen LogP contribution is 2.30. The summed E-state index contributed by atoms with van der Waals surface area (Å²) in [5.74, 6) is -0.519. The lowest BCUT2D eigenvalue weighted by atomic mass is 10.1. The average Bonchev–Trinajstić information content (AvgIpc) is 2.94. The van der Waals surface area contributed by atoms with E-state index >= 15 is 0 Å². The van der Waals surface area contributed by atoms with Gasteiger partial charge in [0.15, 0.2) is 0 Å². The number of nitriles is 1. The van der Waals surface area contributed by atoms with Crippen molar-refractivity contribution < 1.29 is 17.7 Å². The minimum Gasteiger partial charge on any atom is -0.365 e. The molecule has 10 heteroatoms. The van der Waals surface area contributed by atoms with Gasteiger partial charge in [0.1, 0.15) is 11.5 Å². The van der Waals surface area contributed by atoms with Crippen LogP contribution in [0.5, 0.6) is 0 Å². The number of hydrogen-bond donors (Lipinski definition) is 0. The number of nitro groups is 1. The molecule has 0 N–H and O–H groups in total. The summed E-state index contributed by atoms with van der Waals surface area (Å²) in [7, 11) is -3.78. The van der Waals surface area contributed by atoms with E-state index in [1.165, 1.54) is 34.6 Å². The highest BCUT2D eigenvalue weighted by Gasteiger charge is 2.29. The average molecular weight is 404 g/mol. The van der Waals surface area contributed by atoms with Gasteiger partial charge in [-0.25, -0.2) is 12.8 Å². The monoisotopic (exact) mass is 404 g/mol. The molecule has 1 aliphatic heterocycles. The molecule has 1 heterocycles. The molecule has 1 saturated heterocycles. The Morgan fingerprint density at radius 1 is 1.07 bits per heavy atom. The van der Waals surface area contributed by atoms with Crippen molar-refractivity contribution >= 4 is 21.4 Å². The molecule has 0 atom stereocenters. The van der Waals surface area contributed by atoms with E-state index in [1.807, 2.05) is 6.07 Å². The van der Waals surface area contributed by atoms with Crippen LogP contribution >= 0.6 is 0 Å². The van der Waals surface area contributed by atoms with E-state index in [9.17, 15) is 22.9 Å². The fourth-order valence-corrected chi connectivity index (χ4v) is 4.61. The fourth-order valence-electron chi connectivity index (χ4n) is 3.14. The Kier molecular flexibility index (Phi) is 5.58. The van der Waals surface area contributed by atoms with Crippen molar-refractivity contribution in [3.63, 3.8) is 0 Å². The van der Waals surface area contributed by atoms with Gasteiger partial charge in [0.05, 0.1) is 21.5 Å². The van der Waals surface area contributed by atoms with Crippen molar-refractivity contribution in [3.05, 3.63) is 64.0 Å². The Hall–Kier alpha value is -3.03. The van der Waals surface area contributed by atoms with Gasteiger partial charge in [-0.3, -0.25) is 10.1 Å². The van der Waals surface area contributed by atoms with Crippen LogP contribution in [0.1, 0.15) is 12.0 Å². The smallest absolute Gasteiger partial charge is 0.293 e. The number of nitro benzene ring substituents is 1. The molecule has 0 aromatic heterocycles. The molecule has 2 aromatic rings. The molecule has 3 rings (SSSR count). The Bertz CT molecular complexity index is 1030. The van der Waals surface area contributed by atoms with Crippen LogP contribution in [0.2, 0.25) is 0 Å². The minimum absolute atomic E-state index is 0.00621. The third-order valence-electron chi connectivity index (χ3n) is 4.55. The number of benzene rings is 2. The molecule has 0 unspecified atom stereocenters. The second-order valence-corrected chi connectivity index (χ2v) is 8.21. The van der Waals surface area contributed by atoms with Crippen molar-refractivity contribution in [3.8, 4) is 6.07 Å². The van der Waals surface area contributed by atoms with Crippen LogP contribution in [-0.4, -0.2) is 43.8 Å². The maximum atomic E-state index is 13.1. The van der Waals surface area contributed by atoms with Gasteiger partial charge in [-0.05, 0) is 42.8 Å². The molecule has 2 aromatic carbocycles. The zero-order valence-electron chi connectivity index (χ0n) is 14.8. The number of nitrogens with zero attached hydrogens (tertiary/aromatic N) is 4. The number of hydrogen-bond acceptors (Lipinski definition) is 6. The van der Waals surface area contributed by atoms with E-state index in [0.29, 0.717) is 18.7 Å². The Morgan fingerprint density at radius 3 is 2.43 bits per heavy atom. The SMILES string of the molecule is N#Cc1ccc(N2CCCN(S(=O)(=O)c3ccc(F)cc3)CC2)c([N+](=O)[O-])c1. The summed E-state index contributed by atoms with van der Waals surface area (Å²) in [6.45, 7) is 1.08. The van der Waals surface area contributed by atoms with Gasteiger partial charge in [-0.1, -0.05) is 0 Å². The number of halogens is 1. The first-order valence-corrected chi connectivity index (χ1v) is 9.96. The van der Waals surface area contributed by atoms with Crippen LogP contribution < -0.4 is 4.90 Å². The molecular formula is C18H17FN4O4S. The summed E-state index contributed by atoms with van der Waals surface area (Å²) >= 11 is 0. The first kappa shape index (κ1) is 19.7. The molecule has 0 radical (unpaired) electrons. The maximum Gasteiger partial charge on any atom is 0.293 e. The summed E-state index contributed by atoms with van der Waals surface area (Å²) in [5.41, 5.74) is 0.352. The quantitative estimate of drug-likeness (QED) is 0.572. The molecule has 8 nitrogen and oxygen atoms in total. The third-order valence-corrected chi connectivity index (χ3v) is 6.46. The third kappa shape index (κ3) is 3.95. The first-order chi connectivity index (χ1) is 13.3. The molecule has 146 valence electrons. The van der Waals surface area contributed by atoms with Crippen LogP contribution in [0, 0.1) is 27.3 Å². The van der Waals surface area contributed by atoms with E-state index in [4.69, 9.17) is 5.26 Å². The first-order valence-electron chi connectivity index (χ1n) is 8.52. The van der Waals surface area contributed by atoms with Crippen molar-refractivity contribution in [1.29, 1.82) is 5.26 Å². The van der Waals surface area contributed by atoms with Gasteiger partial charge in [0.25, 0.3) is 5.69 Å². The van der Waals surface area contributed by atoms with Crippen LogP contribution in [0.4, 0.5) is 15.8 Å². The Balaban J connectivity index is 1.83. The summed E-state index contributed by atoms with van der Waals surface area (Å²) < 4.78 is 40.0. The molecule has 28 heavy (non-hydrogen) atoms. The minimum atomic E-state index is -3.78. The van der Waals surface area contributed by atoms with Crippen molar-refractivity contribution in [2.75, 3.05) is 31.1 Å². The van der Waals surface area contributed by atoms with Crippen molar-refractivity contribution in [2.24, 2.45) is 0 Å². The lowest BCUT2D eigenvalue weighted by Crippen LogP contribution is -2.35. The number of sulfonamides is 1. The highest BCUT2D eigenvalue weighted by atomic mass is 32.2. The Morgan fingerprint density at radius 2 is 1.79 bits per heavy atom. The standard InChI is InChI=1S/C18H17FN4O4S/c19-15-3-5-16(6-4-15)28(26,27)22-9-1-8-21(10-11-22)17-7-2-14(13-20)12-18(17)23(24)25/h2-7,12H,1,8-11H2. The fraction of sp³-hybridized carbons (Fsp3) is 0.278. The predicted octanol–water partition coefficient (Wildman–Crippen LogP) is 2.51. The predicted molar refractivity (Wildman–Crippen MR) is 99.8 cm³/mol. The van der Waals surface area contributed by atoms with Crippen molar-refractivity contribution in [2.45, 2.75) is 11.3 Å². The van der Waals surface area contributed by atoms with E-state index in [-0.39, 0.29) is 35.8 Å². The van der Waals surface area contributed by atoms with Gasteiger partial charge >= 0.3 is 0 Å². The van der Waals surface area contributed by atoms with Gasteiger partial charge in [-0.2, -0.15) is 9.57 Å². The largest absolute Gasteiger partial charge is 0.365 e. The summed E-state index contributed by atoms with van der Waals surface area (Å²) in [5, 5.41) is 20.3. The zero-order valence-corrected chi connectivity index (χ0v) is 15.6. The Labute approximate surface area is 161 Å². The number of anilines is 1. The molecule has 0 spiro atoms. The lowest BCUT2D eigenvalue weighted by Gasteiger charge is -2.23. The van der Waals surface area contributed by atoms with Gasteiger partial charge < -0.3 is 4.90 Å². The topological polar surface area (TPSA) is 108 Å². The molecule has 0 amide bonds. The van der Waals surface area contributed by atoms with Gasteiger partial charge in [0.2, 0.25) is 10.0 Å². The molecular weight excluding hydrogens is 387 g/mol. The van der Waals surface area contributed by atoms with E-state index in [2.05, 4.69) is 0 Å². The van der Waals surface area contributed by atoms with Gasteiger partial charge in [0, 0.05) is 32.2 Å². The van der Waals surface area contributed by atoms with Crippen LogP contribution in [0.25, 0.3) is 0 Å². The van der Waals surface area contributed by atoms with E-state index in [1.54, 1.807) is 4.90 Å². The normalized spacial score (nSPS) is 15.6. The lowest BCUT2D eigenvalue weighted by molar-refractivity contribution is -0.384. The van der Waals surface area contributed by atoms with Crippen molar-refractivity contribution in [1.82, 2.24) is 4.31 Å². The summed E-state index contributed by atoms with van der Waals surface area (Å²) in [6, 6.07) is 10.7. The summed E-state index contributed by atoms with van der Waals surface area (Å²) in [6.07, 6.45) is 0.470. The highest BCUT2D eigenvalue weighted by molar-refractivity contribution is 7.89. The van der Waals surface area contributed by atoms with Crippen LogP contribution in [-0.2, 0) is 10.0 Å². The van der Waals surface area contributed by atoms with E-state index < -0.39 is 20.8 Å². The molecule has 0 saturated carbocycles. The van der Waals surface area contributed by atoms with Crippen LogP contribution in [0.3, 0.4) is 0 Å². The molecule has 0 bridgehead atoms. The summed E-state index contributed by atoms with van der Waals surface area (Å²) in [4.78, 5) is 12.6. The zero-order chi connectivity index (χ0) is 20.3. The second-order valence-electron chi connectivity index (χ2n) is 6.27. The molecule has 1 aliphatic rings. The molecule has 0 aliphatic carbocycles. The van der Waals surface area contributed by atoms with E-state index in [0.717, 1.165) is 12.1 Å². The second kappa shape index (κ2) is 7.92.